The first-order chi connectivity index (χ1) is 15.3. The van der Waals surface area contributed by atoms with Gasteiger partial charge in [0.2, 0.25) is 5.91 Å². The van der Waals surface area contributed by atoms with E-state index in [0.717, 1.165) is 16.0 Å². The van der Waals surface area contributed by atoms with Gasteiger partial charge in [-0.1, -0.05) is 55.0 Å². The van der Waals surface area contributed by atoms with Crippen molar-refractivity contribution in [1.29, 1.82) is 0 Å². The summed E-state index contributed by atoms with van der Waals surface area (Å²) in [5, 5.41) is 2.89. The van der Waals surface area contributed by atoms with E-state index in [2.05, 4.69) is 5.32 Å². The van der Waals surface area contributed by atoms with Gasteiger partial charge in [0, 0.05) is 11.4 Å². The van der Waals surface area contributed by atoms with Gasteiger partial charge in [-0.15, -0.1) is 11.8 Å². The Balaban J connectivity index is 1.81. The number of aryl methyl sites for hydroxylation is 1. The smallest absolute Gasteiger partial charge is 0.264 e. The van der Waals surface area contributed by atoms with Crippen LogP contribution in [0.3, 0.4) is 0 Å². The molecule has 3 aromatic rings. The van der Waals surface area contributed by atoms with Gasteiger partial charge in [-0.3, -0.25) is 9.10 Å². The molecule has 0 aliphatic carbocycles. The molecule has 0 radical (unpaired) electrons. The maximum atomic E-state index is 13.5. The number of carbonyl (C=O) groups is 1. The van der Waals surface area contributed by atoms with Crippen LogP contribution in [0.1, 0.15) is 24.0 Å². The zero-order valence-corrected chi connectivity index (χ0v) is 20.1. The fourth-order valence-corrected chi connectivity index (χ4v) is 5.08. The normalized spacial score (nSPS) is 12.2. The predicted octanol–water partition coefficient (Wildman–Crippen LogP) is 4.83. The lowest BCUT2D eigenvalue weighted by Crippen LogP contribution is -2.41. The van der Waals surface area contributed by atoms with E-state index in [4.69, 9.17) is 0 Å². The van der Waals surface area contributed by atoms with E-state index < -0.39 is 10.0 Å². The molecule has 3 aromatic carbocycles. The van der Waals surface area contributed by atoms with Gasteiger partial charge in [-0.05, 0) is 61.1 Å². The molecule has 0 bridgehead atoms. The Labute approximate surface area is 194 Å². The fourth-order valence-electron chi connectivity index (χ4n) is 3.25. The summed E-state index contributed by atoms with van der Waals surface area (Å²) in [6, 6.07) is 23.7. The maximum absolute atomic E-state index is 13.5. The lowest BCUT2D eigenvalue weighted by Gasteiger charge is -2.25. The number of thioether (sulfide) groups is 1. The first-order valence-electron chi connectivity index (χ1n) is 10.4. The summed E-state index contributed by atoms with van der Waals surface area (Å²) in [5.74, 6) is -0.235. The molecule has 0 heterocycles. The Hall–Kier alpha value is -2.77. The number of nitrogens with one attached hydrogen (secondary N) is 1. The molecule has 32 heavy (non-hydrogen) atoms. The predicted molar refractivity (Wildman–Crippen MR) is 132 cm³/mol. The largest absolute Gasteiger partial charge is 0.354 e. The second kappa shape index (κ2) is 10.7. The summed E-state index contributed by atoms with van der Waals surface area (Å²) in [6.07, 6.45) is 1.93. The molecule has 0 saturated carbocycles. The van der Waals surface area contributed by atoms with Crippen molar-refractivity contribution in [2.45, 2.75) is 29.6 Å². The van der Waals surface area contributed by atoms with E-state index in [9.17, 15) is 13.2 Å². The lowest BCUT2D eigenvalue weighted by atomic mass is 10.0. The van der Waals surface area contributed by atoms with Crippen LogP contribution in [0.5, 0.6) is 0 Å². The monoisotopic (exact) mass is 468 g/mol. The van der Waals surface area contributed by atoms with Crippen LogP contribution in [0, 0.1) is 6.92 Å². The second-order valence-electron chi connectivity index (χ2n) is 7.64. The molecule has 5 nitrogen and oxygen atoms in total. The van der Waals surface area contributed by atoms with Crippen molar-refractivity contribution >= 4 is 33.4 Å². The Morgan fingerprint density at radius 2 is 1.59 bits per heavy atom. The van der Waals surface area contributed by atoms with Gasteiger partial charge in [0.1, 0.15) is 6.54 Å². The summed E-state index contributed by atoms with van der Waals surface area (Å²) in [7, 11) is -3.91. The van der Waals surface area contributed by atoms with E-state index in [0.29, 0.717) is 12.2 Å². The third kappa shape index (κ3) is 5.93. The van der Waals surface area contributed by atoms with Crippen molar-refractivity contribution in [3.8, 4) is 0 Å². The van der Waals surface area contributed by atoms with Crippen molar-refractivity contribution in [3.63, 3.8) is 0 Å². The van der Waals surface area contributed by atoms with Crippen LogP contribution in [0.4, 0.5) is 5.69 Å². The number of carbonyl (C=O) groups excluding carboxylic acids is 1. The highest BCUT2D eigenvalue weighted by Crippen LogP contribution is 2.25. The van der Waals surface area contributed by atoms with Crippen LogP contribution in [0.2, 0.25) is 0 Å². The van der Waals surface area contributed by atoms with Crippen molar-refractivity contribution in [2.75, 3.05) is 23.7 Å². The molecular weight excluding hydrogens is 440 g/mol. The minimum absolute atomic E-state index is 0.115. The van der Waals surface area contributed by atoms with E-state index in [-0.39, 0.29) is 23.3 Å². The van der Waals surface area contributed by atoms with Crippen molar-refractivity contribution in [3.05, 3.63) is 90.0 Å². The van der Waals surface area contributed by atoms with E-state index in [1.807, 2.05) is 62.6 Å². The molecule has 0 aliphatic rings. The summed E-state index contributed by atoms with van der Waals surface area (Å²) in [6.45, 7) is 4.09. The van der Waals surface area contributed by atoms with Gasteiger partial charge in [0.15, 0.2) is 0 Å². The number of amides is 1. The summed E-state index contributed by atoms with van der Waals surface area (Å²) < 4.78 is 28.1. The average Bonchev–Trinajstić information content (AvgIpc) is 2.82. The molecule has 0 aliphatic heterocycles. The number of hydrogen-bond donors (Lipinski definition) is 1. The Kier molecular flexibility index (Phi) is 7.99. The quantitative estimate of drug-likeness (QED) is 0.457. The van der Waals surface area contributed by atoms with E-state index >= 15 is 0 Å². The Morgan fingerprint density at radius 3 is 2.19 bits per heavy atom. The minimum atomic E-state index is -3.91. The van der Waals surface area contributed by atoms with Gasteiger partial charge in [-0.2, -0.15) is 0 Å². The van der Waals surface area contributed by atoms with Crippen molar-refractivity contribution < 1.29 is 13.2 Å². The first-order valence-corrected chi connectivity index (χ1v) is 13.0. The number of sulfonamides is 1. The first kappa shape index (κ1) is 23.9. The highest BCUT2D eigenvalue weighted by atomic mass is 32.2. The number of rotatable bonds is 9. The van der Waals surface area contributed by atoms with Crippen LogP contribution < -0.4 is 9.62 Å². The van der Waals surface area contributed by atoms with Gasteiger partial charge in [0.05, 0.1) is 10.6 Å². The number of anilines is 1. The van der Waals surface area contributed by atoms with Gasteiger partial charge in [-0.25, -0.2) is 8.42 Å². The van der Waals surface area contributed by atoms with Gasteiger partial charge in [0.25, 0.3) is 10.0 Å². The molecule has 0 saturated heterocycles. The fraction of sp³-hybridized carbons (Fsp3) is 0.240. The average molecular weight is 469 g/mol. The van der Waals surface area contributed by atoms with Crippen LogP contribution in [0.15, 0.2) is 88.7 Å². The third-order valence-corrected chi connectivity index (χ3v) is 7.76. The van der Waals surface area contributed by atoms with Gasteiger partial charge < -0.3 is 5.32 Å². The summed E-state index contributed by atoms with van der Waals surface area (Å²) >= 11 is 1.54. The molecule has 3 rings (SSSR count). The van der Waals surface area contributed by atoms with E-state index in [1.165, 1.54) is 4.31 Å². The van der Waals surface area contributed by atoms with Gasteiger partial charge >= 0.3 is 0 Å². The molecule has 0 fully saturated rings. The van der Waals surface area contributed by atoms with Crippen LogP contribution in [-0.2, 0) is 14.8 Å². The Morgan fingerprint density at radius 1 is 0.969 bits per heavy atom. The SMILES string of the molecule is CSc1ccc(S(=O)(=O)N(CC(=O)NC[C@H](C)c2ccccc2)c2ccc(C)cc2)cc1. The zero-order valence-electron chi connectivity index (χ0n) is 18.5. The molecule has 0 aromatic heterocycles. The molecule has 1 atom stereocenters. The summed E-state index contributed by atoms with van der Waals surface area (Å²) in [4.78, 5) is 13.9. The van der Waals surface area contributed by atoms with Crippen LogP contribution in [0.25, 0.3) is 0 Å². The summed E-state index contributed by atoms with van der Waals surface area (Å²) in [5.41, 5.74) is 2.58. The standard InChI is InChI=1S/C25H28N2O3S2/c1-19-9-11-22(12-10-19)27(32(29,30)24-15-13-23(31-3)14-16-24)18-25(28)26-17-20(2)21-7-5-4-6-8-21/h4-16,20H,17-18H2,1-3H3,(H,26,28)/t20-/m0/s1. The Bertz CT molecular complexity index is 1130. The molecule has 1 N–H and O–H groups in total. The highest BCUT2D eigenvalue weighted by molar-refractivity contribution is 7.98. The number of hydrogen-bond acceptors (Lipinski definition) is 4. The molecular formula is C25H28N2O3S2. The highest BCUT2D eigenvalue weighted by Gasteiger charge is 2.27. The molecule has 0 spiro atoms. The number of benzene rings is 3. The topological polar surface area (TPSA) is 66.5 Å². The third-order valence-electron chi connectivity index (χ3n) is 5.23. The molecule has 168 valence electrons. The van der Waals surface area contributed by atoms with Crippen LogP contribution in [-0.4, -0.2) is 33.7 Å². The molecule has 1 amide bonds. The molecule has 0 unspecified atom stereocenters. The zero-order chi connectivity index (χ0) is 23.1. The van der Waals surface area contributed by atoms with Crippen molar-refractivity contribution in [1.82, 2.24) is 5.32 Å². The second-order valence-corrected chi connectivity index (χ2v) is 10.4. The maximum Gasteiger partial charge on any atom is 0.264 e. The number of nitrogens with zero attached hydrogens (tertiary/aromatic N) is 1. The lowest BCUT2D eigenvalue weighted by molar-refractivity contribution is -0.119. The minimum Gasteiger partial charge on any atom is -0.354 e. The molecule has 7 heteroatoms. The van der Waals surface area contributed by atoms with Crippen molar-refractivity contribution in [2.24, 2.45) is 0 Å². The van der Waals surface area contributed by atoms with E-state index in [1.54, 1.807) is 48.2 Å². The van der Waals surface area contributed by atoms with Crippen LogP contribution >= 0.6 is 11.8 Å².